The van der Waals surface area contributed by atoms with Crippen LogP contribution in [0.1, 0.15) is 35.2 Å². The van der Waals surface area contributed by atoms with Crippen LogP contribution in [0.4, 0.5) is 5.95 Å². The van der Waals surface area contributed by atoms with Crippen molar-refractivity contribution in [2.45, 2.75) is 25.7 Å². The van der Waals surface area contributed by atoms with Crippen molar-refractivity contribution in [1.82, 2.24) is 24.6 Å². The molecule has 0 unspecified atom stereocenters. The number of aromatic amines is 1. The monoisotopic (exact) mass is 446 g/mol. The molecule has 4 heterocycles. The fourth-order valence-electron chi connectivity index (χ4n) is 5.96. The van der Waals surface area contributed by atoms with Gasteiger partial charge in [-0.05, 0) is 47.8 Å². The first-order chi connectivity index (χ1) is 16.7. The van der Waals surface area contributed by atoms with Gasteiger partial charge in [0.05, 0.1) is 11.1 Å². The Morgan fingerprint density at radius 2 is 1.65 bits per heavy atom. The zero-order chi connectivity index (χ0) is 22.7. The molecule has 2 aromatic carbocycles. The average Bonchev–Trinajstić information content (AvgIpc) is 3.60. The quantitative estimate of drug-likeness (QED) is 0.421. The topological polar surface area (TPSA) is 62.1 Å². The Labute approximate surface area is 198 Å². The second-order valence-corrected chi connectivity index (χ2v) is 9.78. The molecular formula is C28H26N6. The minimum absolute atomic E-state index is 0.394. The number of nitrogens with one attached hydrogen (secondary N) is 1. The van der Waals surface area contributed by atoms with Crippen LogP contribution in [-0.4, -0.2) is 37.7 Å². The highest BCUT2D eigenvalue weighted by molar-refractivity contribution is 6.01. The van der Waals surface area contributed by atoms with E-state index in [-0.39, 0.29) is 0 Å². The molecule has 1 aliphatic heterocycles. The van der Waals surface area contributed by atoms with Crippen LogP contribution in [0.2, 0.25) is 0 Å². The normalized spacial score (nSPS) is 17.0. The molecule has 3 aromatic heterocycles. The summed E-state index contributed by atoms with van der Waals surface area (Å²) in [7, 11) is 0. The third kappa shape index (κ3) is 2.91. The number of piperidine rings is 1. The van der Waals surface area contributed by atoms with E-state index in [2.05, 4.69) is 62.5 Å². The lowest BCUT2D eigenvalue weighted by atomic mass is 9.76. The molecule has 1 spiro atoms. The Hall–Kier alpha value is -3.93. The summed E-state index contributed by atoms with van der Waals surface area (Å²) < 4.78 is 2.11. The molecule has 0 bridgehead atoms. The van der Waals surface area contributed by atoms with Gasteiger partial charge < -0.3 is 4.90 Å². The second kappa shape index (κ2) is 7.29. The van der Waals surface area contributed by atoms with E-state index in [0.29, 0.717) is 11.1 Å². The van der Waals surface area contributed by atoms with Gasteiger partial charge in [0.1, 0.15) is 0 Å². The van der Waals surface area contributed by atoms with Crippen LogP contribution in [0, 0.1) is 5.41 Å². The van der Waals surface area contributed by atoms with E-state index >= 15 is 0 Å². The summed E-state index contributed by atoms with van der Waals surface area (Å²) in [6, 6.07) is 19.1. The van der Waals surface area contributed by atoms with Crippen LogP contribution < -0.4 is 4.90 Å². The highest BCUT2D eigenvalue weighted by Gasteiger charge is 2.40. The Morgan fingerprint density at radius 1 is 0.941 bits per heavy atom. The van der Waals surface area contributed by atoms with Gasteiger partial charge in [-0.3, -0.25) is 9.50 Å². The Kier molecular flexibility index (Phi) is 4.19. The Morgan fingerprint density at radius 3 is 2.38 bits per heavy atom. The molecule has 1 aliphatic carbocycles. The number of rotatable bonds is 3. The zero-order valence-electron chi connectivity index (χ0n) is 19.0. The van der Waals surface area contributed by atoms with Crippen LogP contribution in [0.15, 0.2) is 73.6 Å². The van der Waals surface area contributed by atoms with Gasteiger partial charge in [-0.2, -0.15) is 10.1 Å². The molecule has 7 rings (SSSR count). The number of aromatic nitrogens is 5. The van der Waals surface area contributed by atoms with Gasteiger partial charge in [0.2, 0.25) is 5.95 Å². The van der Waals surface area contributed by atoms with Crippen LogP contribution in [0.3, 0.4) is 0 Å². The van der Waals surface area contributed by atoms with Gasteiger partial charge in [0, 0.05) is 31.1 Å². The SMILES string of the molecule is C=C(c1ccccc1)c1[nH]nc2nc(N3CCC4(CC3)Cc3ccccc3C4)n3ccnc3c12. The van der Waals surface area contributed by atoms with Crippen molar-refractivity contribution < 1.29 is 0 Å². The van der Waals surface area contributed by atoms with E-state index in [1.54, 1.807) is 0 Å². The van der Waals surface area contributed by atoms with E-state index in [1.165, 1.54) is 36.8 Å². The van der Waals surface area contributed by atoms with Crippen molar-refractivity contribution in [1.29, 1.82) is 0 Å². The maximum absolute atomic E-state index is 5.02. The fourth-order valence-corrected chi connectivity index (χ4v) is 5.96. The standard InChI is InChI=1S/C28H26N6/c1-19(20-7-3-2-4-8-20)24-23-25(32-31-24)30-27(34-16-13-29-26(23)34)33-14-11-28(12-15-33)17-21-9-5-6-10-22(21)18-28/h2-10,13,16H,1,11-12,14-15,17-18H2,(H,31,32). The summed E-state index contributed by atoms with van der Waals surface area (Å²) >= 11 is 0. The summed E-state index contributed by atoms with van der Waals surface area (Å²) in [5, 5.41) is 8.68. The van der Waals surface area contributed by atoms with Crippen molar-refractivity contribution in [3.05, 3.63) is 96.0 Å². The number of fused-ring (bicyclic) bond motifs is 4. The summed E-state index contributed by atoms with van der Waals surface area (Å²) in [4.78, 5) is 12.1. The zero-order valence-corrected chi connectivity index (χ0v) is 19.0. The number of hydrogen-bond donors (Lipinski definition) is 1. The Balaban J connectivity index is 1.22. The first-order valence-electron chi connectivity index (χ1n) is 12.0. The van der Waals surface area contributed by atoms with E-state index in [0.717, 1.165) is 46.9 Å². The summed E-state index contributed by atoms with van der Waals surface area (Å²) in [5.41, 5.74) is 7.85. The van der Waals surface area contributed by atoms with Gasteiger partial charge in [0.25, 0.3) is 0 Å². The average molecular weight is 447 g/mol. The number of anilines is 1. The molecule has 0 amide bonds. The third-order valence-corrected chi connectivity index (χ3v) is 7.81. The molecule has 1 saturated heterocycles. The van der Waals surface area contributed by atoms with Crippen LogP contribution in [0.5, 0.6) is 0 Å². The summed E-state index contributed by atoms with van der Waals surface area (Å²) in [6.07, 6.45) is 8.61. The first-order valence-corrected chi connectivity index (χ1v) is 12.0. The minimum atomic E-state index is 0.394. The maximum atomic E-state index is 5.02. The lowest BCUT2D eigenvalue weighted by Gasteiger charge is -2.40. The van der Waals surface area contributed by atoms with Crippen molar-refractivity contribution in [2.24, 2.45) is 5.41 Å². The highest BCUT2D eigenvalue weighted by atomic mass is 15.3. The van der Waals surface area contributed by atoms with E-state index in [4.69, 9.17) is 9.97 Å². The molecule has 1 N–H and O–H groups in total. The fraction of sp³-hybridized carbons (Fsp3) is 0.250. The second-order valence-electron chi connectivity index (χ2n) is 9.78. The molecule has 6 heteroatoms. The predicted octanol–water partition coefficient (Wildman–Crippen LogP) is 5.05. The summed E-state index contributed by atoms with van der Waals surface area (Å²) in [6.45, 7) is 6.32. The van der Waals surface area contributed by atoms with Crippen molar-refractivity contribution in [3.63, 3.8) is 0 Å². The van der Waals surface area contributed by atoms with Gasteiger partial charge >= 0.3 is 0 Å². The largest absolute Gasteiger partial charge is 0.342 e. The summed E-state index contributed by atoms with van der Waals surface area (Å²) in [5.74, 6) is 0.925. The lowest BCUT2D eigenvalue weighted by molar-refractivity contribution is 0.231. The van der Waals surface area contributed by atoms with Crippen LogP contribution >= 0.6 is 0 Å². The number of nitrogens with zero attached hydrogens (tertiary/aromatic N) is 5. The van der Waals surface area contributed by atoms with Gasteiger partial charge in [-0.15, -0.1) is 0 Å². The van der Waals surface area contributed by atoms with Crippen LogP contribution in [0.25, 0.3) is 22.3 Å². The maximum Gasteiger partial charge on any atom is 0.213 e. The molecule has 2 aliphatic rings. The van der Waals surface area contributed by atoms with Crippen molar-refractivity contribution in [2.75, 3.05) is 18.0 Å². The van der Waals surface area contributed by atoms with Crippen molar-refractivity contribution >= 4 is 28.2 Å². The molecule has 0 radical (unpaired) electrons. The lowest BCUT2D eigenvalue weighted by Crippen LogP contribution is -2.41. The smallest absolute Gasteiger partial charge is 0.213 e. The van der Waals surface area contributed by atoms with Crippen molar-refractivity contribution in [3.8, 4) is 0 Å². The molecule has 34 heavy (non-hydrogen) atoms. The molecule has 0 atom stereocenters. The van der Waals surface area contributed by atoms with Gasteiger partial charge in [-0.25, -0.2) is 4.98 Å². The van der Waals surface area contributed by atoms with Crippen LogP contribution in [-0.2, 0) is 12.8 Å². The Bertz CT molecular complexity index is 1510. The van der Waals surface area contributed by atoms with Gasteiger partial charge in [-0.1, -0.05) is 61.2 Å². The van der Waals surface area contributed by atoms with E-state index < -0.39 is 0 Å². The molecule has 5 aromatic rings. The predicted molar refractivity (Wildman–Crippen MR) is 135 cm³/mol. The number of imidazole rings is 1. The molecule has 168 valence electrons. The third-order valence-electron chi connectivity index (χ3n) is 7.81. The van der Waals surface area contributed by atoms with E-state index in [9.17, 15) is 0 Å². The molecule has 0 saturated carbocycles. The molecule has 6 nitrogen and oxygen atoms in total. The molecule has 1 fully saturated rings. The number of benzene rings is 2. The van der Waals surface area contributed by atoms with Gasteiger partial charge in [0.15, 0.2) is 11.3 Å². The van der Waals surface area contributed by atoms with E-state index in [1.807, 2.05) is 30.6 Å². The number of hydrogen-bond acceptors (Lipinski definition) is 4. The molecular weight excluding hydrogens is 420 g/mol. The minimum Gasteiger partial charge on any atom is -0.342 e. The highest BCUT2D eigenvalue weighted by Crippen LogP contribution is 2.45. The number of H-pyrrole nitrogens is 1. The first kappa shape index (κ1) is 19.5.